The molecule has 144 valence electrons. The van der Waals surface area contributed by atoms with Gasteiger partial charge in [0.15, 0.2) is 0 Å². The molecule has 7 heteroatoms. The zero-order chi connectivity index (χ0) is 18.1. The van der Waals surface area contributed by atoms with E-state index in [4.69, 9.17) is 4.42 Å². The van der Waals surface area contributed by atoms with Crippen LogP contribution in [0, 0.1) is 0 Å². The number of nitrogens with zero attached hydrogens (tertiary/aromatic N) is 4. The van der Waals surface area contributed by atoms with E-state index < -0.39 is 0 Å². The fraction of sp³-hybridized carbons (Fsp3) is 0.600. The van der Waals surface area contributed by atoms with Crippen LogP contribution in [0.1, 0.15) is 49.7 Å². The van der Waals surface area contributed by atoms with Crippen molar-refractivity contribution in [3.05, 3.63) is 42.1 Å². The summed E-state index contributed by atoms with van der Waals surface area (Å²) < 4.78 is 6.18. The van der Waals surface area contributed by atoms with Gasteiger partial charge in [-0.15, -0.1) is 0 Å². The van der Waals surface area contributed by atoms with Gasteiger partial charge in [-0.3, -0.25) is 10.3 Å². The molecule has 7 nitrogen and oxygen atoms in total. The Morgan fingerprint density at radius 2 is 1.96 bits per heavy atom. The number of furan rings is 1. The van der Waals surface area contributed by atoms with Crippen molar-refractivity contribution in [3.63, 3.8) is 0 Å². The molecule has 0 saturated carbocycles. The summed E-state index contributed by atoms with van der Waals surface area (Å²) in [5.41, 5.74) is 6.78. The Balaban J connectivity index is 1.24. The lowest BCUT2D eigenvalue weighted by Crippen LogP contribution is -2.52. The summed E-state index contributed by atoms with van der Waals surface area (Å²) in [6.45, 7) is 5.14. The monoisotopic (exact) mass is 368 g/mol. The SMILES string of the molecule is c1cnc(N2CCC3(CCCN3Cc3ccc(C4CCNN4)o3)CC2)nc1. The number of hydrazine groups is 1. The third kappa shape index (κ3) is 3.35. The van der Waals surface area contributed by atoms with Crippen molar-refractivity contribution in [2.24, 2.45) is 0 Å². The number of piperidine rings is 1. The number of hydrogen-bond acceptors (Lipinski definition) is 7. The van der Waals surface area contributed by atoms with Crippen molar-refractivity contribution >= 4 is 5.95 Å². The lowest BCUT2D eigenvalue weighted by Gasteiger charge is -2.44. The third-order valence-corrected chi connectivity index (χ3v) is 6.48. The third-order valence-electron chi connectivity index (χ3n) is 6.48. The van der Waals surface area contributed by atoms with Gasteiger partial charge in [0.2, 0.25) is 5.95 Å². The van der Waals surface area contributed by atoms with Crippen LogP contribution in [-0.4, -0.2) is 46.6 Å². The summed E-state index contributed by atoms with van der Waals surface area (Å²) in [6, 6.07) is 6.48. The minimum Gasteiger partial charge on any atom is -0.463 e. The first-order valence-electron chi connectivity index (χ1n) is 10.2. The standard InChI is InChI=1S/C20H28N6O/c1-6-20(7-13-25(14-8-20)19-21-9-2-10-22-19)26(12-1)15-16-3-4-18(27-16)17-5-11-23-24-17/h2-4,9-10,17,23-24H,1,5-8,11-15H2. The van der Waals surface area contributed by atoms with Crippen LogP contribution in [0.4, 0.5) is 5.95 Å². The molecule has 0 bridgehead atoms. The van der Waals surface area contributed by atoms with Gasteiger partial charge < -0.3 is 9.32 Å². The van der Waals surface area contributed by atoms with Crippen LogP contribution >= 0.6 is 0 Å². The van der Waals surface area contributed by atoms with Crippen LogP contribution in [0.5, 0.6) is 0 Å². The van der Waals surface area contributed by atoms with E-state index in [2.05, 4.69) is 42.8 Å². The predicted molar refractivity (Wildman–Crippen MR) is 103 cm³/mol. The normalized spacial score (nSPS) is 25.5. The van der Waals surface area contributed by atoms with Crippen molar-refractivity contribution in [2.45, 2.75) is 50.2 Å². The molecular formula is C20H28N6O. The fourth-order valence-electron chi connectivity index (χ4n) is 4.94. The number of likely N-dealkylation sites (tertiary alicyclic amines) is 1. The summed E-state index contributed by atoms with van der Waals surface area (Å²) in [5.74, 6) is 3.01. The molecule has 3 saturated heterocycles. The fourth-order valence-corrected chi connectivity index (χ4v) is 4.94. The summed E-state index contributed by atoms with van der Waals surface area (Å²) in [4.78, 5) is 13.8. The smallest absolute Gasteiger partial charge is 0.225 e. The Hall–Kier alpha value is -1.96. The summed E-state index contributed by atoms with van der Waals surface area (Å²) in [7, 11) is 0. The number of aromatic nitrogens is 2. The van der Waals surface area contributed by atoms with Gasteiger partial charge in [-0.1, -0.05) is 0 Å². The van der Waals surface area contributed by atoms with Crippen molar-refractivity contribution in [1.82, 2.24) is 25.7 Å². The minimum absolute atomic E-state index is 0.306. The number of anilines is 1. The van der Waals surface area contributed by atoms with E-state index in [1.165, 1.54) is 32.2 Å². The van der Waals surface area contributed by atoms with E-state index in [0.717, 1.165) is 50.1 Å². The van der Waals surface area contributed by atoms with Gasteiger partial charge >= 0.3 is 0 Å². The second kappa shape index (κ2) is 7.22. The van der Waals surface area contributed by atoms with Gasteiger partial charge in [-0.2, -0.15) is 0 Å². The second-order valence-electron chi connectivity index (χ2n) is 8.00. The van der Waals surface area contributed by atoms with Crippen molar-refractivity contribution in [3.8, 4) is 0 Å². The van der Waals surface area contributed by atoms with Crippen molar-refractivity contribution in [2.75, 3.05) is 31.1 Å². The first kappa shape index (κ1) is 17.2. The topological polar surface area (TPSA) is 69.5 Å². The van der Waals surface area contributed by atoms with Crippen LogP contribution in [0.25, 0.3) is 0 Å². The quantitative estimate of drug-likeness (QED) is 0.858. The first-order valence-corrected chi connectivity index (χ1v) is 10.2. The average molecular weight is 368 g/mol. The van der Waals surface area contributed by atoms with Gasteiger partial charge in [-0.25, -0.2) is 15.4 Å². The summed E-state index contributed by atoms with van der Waals surface area (Å²) in [5, 5.41) is 0. The predicted octanol–water partition coefficient (Wildman–Crippen LogP) is 2.24. The van der Waals surface area contributed by atoms with E-state index in [1.807, 2.05) is 18.5 Å². The molecule has 1 spiro atoms. The molecule has 2 aromatic heterocycles. The van der Waals surface area contributed by atoms with Gasteiger partial charge in [-0.05, 0) is 56.8 Å². The van der Waals surface area contributed by atoms with Gasteiger partial charge in [0.25, 0.3) is 0 Å². The zero-order valence-corrected chi connectivity index (χ0v) is 15.7. The van der Waals surface area contributed by atoms with Crippen LogP contribution in [0.15, 0.2) is 35.0 Å². The Morgan fingerprint density at radius 1 is 1.11 bits per heavy atom. The van der Waals surface area contributed by atoms with Gasteiger partial charge in [0.1, 0.15) is 11.5 Å². The molecular weight excluding hydrogens is 340 g/mol. The summed E-state index contributed by atoms with van der Waals surface area (Å²) >= 11 is 0. The molecule has 27 heavy (non-hydrogen) atoms. The molecule has 3 aliphatic heterocycles. The minimum atomic E-state index is 0.306. The lowest BCUT2D eigenvalue weighted by molar-refractivity contribution is 0.0913. The number of nitrogens with one attached hydrogen (secondary N) is 2. The molecule has 0 aliphatic carbocycles. The van der Waals surface area contributed by atoms with Crippen molar-refractivity contribution in [1.29, 1.82) is 0 Å². The molecule has 3 fully saturated rings. The van der Waals surface area contributed by atoms with Crippen LogP contribution in [0.2, 0.25) is 0 Å². The van der Waals surface area contributed by atoms with Crippen LogP contribution < -0.4 is 15.8 Å². The van der Waals surface area contributed by atoms with Crippen LogP contribution in [0.3, 0.4) is 0 Å². The van der Waals surface area contributed by atoms with E-state index >= 15 is 0 Å². The average Bonchev–Trinajstić information content (AvgIpc) is 3.46. The van der Waals surface area contributed by atoms with Gasteiger partial charge in [0.05, 0.1) is 12.6 Å². The summed E-state index contributed by atoms with van der Waals surface area (Å²) in [6.07, 6.45) is 9.66. The highest BCUT2D eigenvalue weighted by Gasteiger charge is 2.43. The maximum Gasteiger partial charge on any atom is 0.225 e. The molecule has 0 radical (unpaired) electrons. The molecule has 1 atom stereocenters. The highest BCUT2D eigenvalue weighted by molar-refractivity contribution is 5.30. The highest BCUT2D eigenvalue weighted by atomic mass is 16.3. The van der Waals surface area contributed by atoms with E-state index in [0.29, 0.717) is 11.6 Å². The lowest BCUT2D eigenvalue weighted by atomic mass is 9.85. The zero-order valence-electron chi connectivity index (χ0n) is 15.7. The molecule has 1 unspecified atom stereocenters. The van der Waals surface area contributed by atoms with Crippen LogP contribution in [-0.2, 0) is 6.54 Å². The van der Waals surface area contributed by atoms with Crippen molar-refractivity contribution < 1.29 is 4.42 Å². The van der Waals surface area contributed by atoms with E-state index in [-0.39, 0.29) is 0 Å². The molecule has 3 aliphatic rings. The Labute approximate surface area is 160 Å². The number of rotatable bonds is 4. The maximum atomic E-state index is 6.18. The molecule has 2 N–H and O–H groups in total. The molecule has 5 heterocycles. The largest absolute Gasteiger partial charge is 0.463 e. The molecule has 2 aromatic rings. The van der Waals surface area contributed by atoms with E-state index in [9.17, 15) is 0 Å². The Bertz CT molecular complexity index is 749. The molecule has 0 amide bonds. The Kier molecular flexibility index (Phi) is 4.59. The maximum absolute atomic E-state index is 6.18. The molecule has 0 aromatic carbocycles. The highest BCUT2D eigenvalue weighted by Crippen LogP contribution is 2.40. The first-order chi connectivity index (χ1) is 13.3. The van der Waals surface area contributed by atoms with Gasteiger partial charge in [0, 0.05) is 37.6 Å². The number of hydrogen-bond donors (Lipinski definition) is 2. The Morgan fingerprint density at radius 3 is 2.74 bits per heavy atom. The molecule has 5 rings (SSSR count). The van der Waals surface area contributed by atoms with E-state index in [1.54, 1.807) is 0 Å². The second-order valence-corrected chi connectivity index (χ2v) is 8.00.